The fourth-order valence-electron chi connectivity index (χ4n) is 2.32. The molecule has 0 spiro atoms. The Morgan fingerprint density at radius 3 is 2.58 bits per heavy atom. The van der Waals surface area contributed by atoms with E-state index in [-0.39, 0.29) is 18.4 Å². The highest BCUT2D eigenvalue weighted by atomic mass is 16.5. The number of likely N-dealkylation sites (N-methyl/N-ethyl adjacent to an activating group) is 1. The molecule has 24 heavy (non-hydrogen) atoms. The summed E-state index contributed by atoms with van der Waals surface area (Å²) >= 11 is 0. The molecular formula is C19H25N3O2. The van der Waals surface area contributed by atoms with Gasteiger partial charge in [0.1, 0.15) is 12.4 Å². The zero-order valence-electron chi connectivity index (χ0n) is 14.2. The van der Waals surface area contributed by atoms with Crippen molar-refractivity contribution < 1.29 is 9.53 Å². The van der Waals surface area contributed by atoms with Crippen LogP contribution in [0, 0.1) is 0 Å². The SMILES string of the molecule is CN(C)CCOc1cccc(NC(=O)C(CN)c2ccccc2)c1. The Balaban J connectivity index is 2.00. The van der Waals surface area contributed by atoms with Crippen LogP contribution in [0.15, 0.2) is 54.6 Å². The number of anilines is 1. The lowest BCUT2D eigenvalue weighted by atomic mass is 9.98. The molecule has 0 aliphatic rings. The summed E-state index contributed by atoms with van der Waals surface area (Å²) in [4.78, 5) is 14.6. The highest BCUT2D eigenvalue weighted by Gasteiger charge is 2.18. The summed E-state index contributed by atoms with van der Waals surface area (Å²) in [7, 11) is 3.99. The Morgan fingerprint density at radius 2 is 1.92 bits per heavy atom. The van der Waals surface area contributed by atoms with Crippen molar-refractivity contribution in [2.24, 2.45) is 5.73 Å². The molecule has 0 aliphatic heterocycles. The Morgan fingerprint density at radius 1 is 1.17 bits per heavy atom. The second kappa shape index (κ2) is 9.05. The van der Waals surface area contributed by atoms with Gasteiger partial charge in [-0.3, -0.25) is 4.79 Å². The number of nitrogens with two attached hydrogens (primary N) is 1. The molecule has 0 fully saturated rings. The van der Waals surface area contributed by atoms with Crippen LogP contribution in [-0.2, 0) is 4.79 Å². The summed E-state index contributed by atoms with van der Waals surface area (Å²) in [5, 5.41) is 2.92. The average Bonchev–Trinajstić information content (AvgIpc) is 2.56. The van der Waals surface area contributed by atoms with E-state index in [1.165, 1.54) is 0 Å². The summed E-state index contributed by atoms with van der Waals surface area (Å²) < 4.78 is 5.69. The van der Waals surface area contributed by atoms with E-state index >= 15 is 0 Å². The van der Waals surface area contributed by atoms with Gasteiger partial charge in [-0.1, -0.05) is 36.4 Å². The number of carbonyl (C=O) groups is 1. The number of carbonyl (C=O) groups excluding carboxylic acids is 1. The van der Waals surface area contributed by atoms with Crippen molar-refractivity contribution in [2.45, 2.75) is 5.92 Å². The van der Waals surface area contributed by atoms with Crippen molar-refractivity contribution in [3.05, 3.63) is 60.2 Å². The maximum absolute atomic E-state index is 12.5. The van der Waals surface area contributed by atoms with E-state index in [2.05, 4.69) is 10.2 Å². The number of hydrogen-bond acceptors (Lipinski definition) is 4. The van der Waals surface area contributed by atoms with Crippen LogP contribution in [0.5, 0.6) is 5.75 Å². The molecule has 0 bridgehead atoms. The summed E-state index contributed by atoms with van der Waals surface area (Å²) in [6, 6.07) is 17.0. The van der Waals surface area contributed by atoms with Gasteiger partial charge in [0.15, 0.2) is 0 Å². The molecule has 5 nitrogen and oxygen atoms in total. The van der Waals surface area contributed by atoms with Gasteiger partial charge < -0.3 is 20.7 Å². The van der Waals surface area contributed by atoms with Crippen molar-refractivity contribution in [3.63, 3.8) is 0 Å². The lowest BCUT2D eigenvalue weighted by molar-refractivity contribution is -0.117. The van der Waals surface area contributed by atoms with Crippen molar-refractivity contribution in [1.82, 2.24) is 4.90 Å². The third kappa shape index (κ3) is 5.37. The molecule has 3 N–H and O–H groups in total. The maximum Gasteiger partial charge on any atom is 0.233 e. The molecule has 5 heteroatoms. The van der Waals surface area contributed by atoms with E-state index in [4.69, 9.17) is 10.5 Å². The van der Waals surface area contributed by atoms with Crippen molar-refractivity contribution in [3.8, 4) is 5.75 Å². The highest BCUT2D eigenvalue weighted by molar-refractivity contribution is 5.96. The number of ether oxygens (including phenoxy) is 1. The number of hydrogen-bond donors (Lipinski definition) is 2. The zero-order chi connectivity index (χ0) is 17.4. The van der Waals surface area contributed by atoms with E-state index < -0.39 is 0 Å². The lowest BCUT2D eigenvalue weighted by Gasteiger charge is -2.16. The van der Waals surface area contributed by atoms with Gasteiger partial charge in [0.2, 0.25) is 5.91 Å². The summed E-state index contributed by atoms with van der Waals surface area (Å²) in [5.74, 6) is 0.248. The highest BCUT2D eigenvalue weighted by Crippen LogP contribution is 2.20. The Bertz CT molecular complexity index is 644. The van der Waals surface area contributed by atoms with Crippen molar-refractivity contribution in [1.29, 1.82) is 0 Å². The van der Waals surface area contributed by atoms with E-state index in [1.54, 1.807) is 0 Å². The minimum absolute atomic E-state index is 0.117. The van der Waals surface area contributed by atoms with Gasteiger partial charge >= 0.3 is 0 Å². The number of benzene rings is 2. The molecular weight excluding hydrogens is 302 g/mol. The van der Waals surface area contributed by atoms with Gasteiger partial charge in [0.05, 0.1) is 5.92 Å². The van der Waals surface area contributed by atoms with Crippen molar-refractivity contribution in [2.75, 3.05) is 39.1 Å². The number of rotatable bonds is 8. The fourth-order valence-corrected chi connectivity index (χ4v) is 2.32. The maximum atomic E-state index is 12.5. The predicted octanol–water partition coefficient (Wildman–Crippen LogP) is 2.31. The first kappa shape index (κ1) is 18.0. The van der Waals surface area contributed by atoms with Gasteiger partial charge in [-0.2, -0.15) is 0 Å². The largest absolute Gasteiger partial charge is 0.492 e. The van der Waals surface area contributed by atoms with Gasteiger partial charge in [0, 0.05) is 24.8 Å². The second-order valence-corrected chi connectivity index (χ2v) is 5.87. The Kier molecular flexibility index (Phi) is 6.78. The van der Waals surface area contributed by atoms with Gasteiger partial charge in [-0.15, -0.1) is 0 Å². The second-order valence-electron chi connectivity index (χ2n) is 5.87. The molecule has 0 saturated carbocycles. The number of amides is 1. The fraction of sp³-hybridized carbons (Fsp3) is 0.316. The first-order chi connectivity index (χ1) is 11.6. The van der Waals surface area contributed by atoms with E-state index in [0.29, 0.717) is 12.3 Å². The van der Waals surface area contributed by atoms with Crippen LogP contribution in [0.4, 0.5) is 5.69 Å². The van der Waals surface area contributed by atoms with Gasteiger partial charge in [-0.25, -0.2) is 0 Å². The molecule has 0 aliphatic carbocycles. The normalized spacial score (nSPS) is 12.0. The summed E-state index contributed by atoms with van der Waals surface area (Å²) in [5.41, 5.74) is 7.41. The van der Waals surface area contributed by atoms with Crippen LogP contribution in [0.3, 0.4) is 0 Å². The number of nitrogens with one attached hydrogen (secondary N) is 1. The molecule has 0 heterocycles. The molecule has 128 valence electrons. The van der Waals surface area contributed by atoms with Crippen LogP contribution >= 0.6 is 0 Å². The first-order valence-corrected chi connectivity index (χ1v) is 8.03. The minimum Gasteiger partial charge on any atom is -0.492 e. The Labute approximate surface area is 143 Å². The quantitative estimate of drug-likeness (QED) is 0.781. The molecule has 2 rings (SSSR count). The van der Waals surface area contributed by atoms with Gasteiger partial charge in [0.25, 0.3) is 0 Å². The van der Waals surface area contributed by atoms with Crippen LogP contribution in [0.1, 0.15) is 11.5 Å². The zero-order valence-corrected chi connectivity index (χ0v) is 14.2. The molecule has 0 saturated heterocycles. The average molecular weight is 327 g/mol. The van der Waals surface area contributed by atoms with E-state index in [0.717, 1.165) is 17.9 Å². The molecule has 1 atom stereocenters. The van der Waals surface area contributed by atoms with Gasteiger partial charge in [-0.05, 0) is 31.8 Å². The molecule has 0 aromatic heterocycles. The molecule has 0 radical (unpaired) electrons. The third-order valence-corrected chi connectivity index (χ3v) is 3.66. The molecule has 1 unspecified atom stereocenters. The topological polar surface area (TPSA) is 67.6 Å². The molecule has 2 aromatic rings. The number of nitrogens with zero attached hydrogens (tertiary/aromatic N) is 1. The lowest BCUT2D eigenvalue weighted by Crippen LogP contribution is -2.27. The van der Waals surface area contributed by atoms with Crippen LogP contribution in [0.25, 0.3) is 0 Å². The molecule has 1 amide bonds. The van der Waals surface area contributed by atoms with Crippen LogP contribution < -0.4 is 15.8 Å². The first-order valence-electron chi connectivity index (χ1n) is 8.03. The predicted molar refractivity (Wildman–Crippen MR) is 97.4 cm³/mol. The third-order valence-electron chi connectivity index (χ3n) is 3.66. The van der Waals surface area contributed by atoms with Crippen LogP contribution in [-0.4, -0.2) is 44.6 Å². The smallest absolute Gasteiger partial charge is 0.233 e. The standard InChI is InChI=1S/C19H25N3O2/c1-22(2)11-12-24-17-10-6-9-16(13-17)21-19(23)18(14-20)15-7-4-3-5-8-15/h3-10,13,18H,11-12,14,20H2,1-2H3,(H,21,23). The van der Waals surface area contributed by atoms with E-state index in [1.807, 2.05) is 68.7 Å². The summed E-state index contributed by atoms with van der Waals surface area (Å²) in [6.45, 7) is 1.69. The van der Waals surface area contributed by atoms with Crippen LogP contribution in [0.2, 0.25) is 0 Å². The monoisotopic (exact) mass is 327 g/mol. The minimum atomic E-state index is -0.371. The Hall–Kier alpha value is -2.37. The molecule has 2 aromatic carbocycles. The summed E-state index contributed by atoms with van der Waals surface area (Å²) in [6.07, 6.45) is 0. The van der Waals surface area contributed by atoms with Crippen molar-refractivity contribution >= 4 is 11.6 Å². The van der Waals surface area contributed by atoms with E-state index in [9.17, 15) is 4.79 Å².